The zero-order valence-corrected chi connectivity index (χ0v) is 11.4. The Morgan fingerprint density at radius 2 is 2.00 bits per heavy atom. The maximum absolute atomic E-state index is 6.04. The number of hydrogen-bond donors (Lipinski definition) is 1. The minimum Gasteiger partial charge on any atom is -0.486 e. The van der Waals surface area contributed by atoms with Crippen LogP contribution in [0.3, 0.4) is 0 Å². The van der Waals surface area contributed by atoms with Crippen LogP contribution in [-0.4, -0.2) is 37.2 Å². The Kier molecular flexibility index (Phi) is 2.72. The minimum absolute atomic E-state index is 0.242. The molecule has 1 aliphatic carbocycles. The summed E-state index contributed by atoms with van der Waals surface area (Å²) in [7, 11) is 0. The van der Waals surface area contributed by atoms with Crippen molar-refractivity contribution in [3.05, 3.63) is 23.8 Å². The van der Waals surface area contributed by atoms with Gasteiger partial charge in [-0.1, -0.05) is 6.07 Å². The number of rotatable bonds is 3. The molecule has 1 fully saturated rings. The first-order valence-corrected chi connectivity index (χ1v) is 7.27. The molecule has 2 aliphatic heterocycles. The lowest BCUT2D eigenvalue weighted by Crippen LogP contribution is -2.37. The molecule has 20 heavy (non-hydrogen) atoms. The highest BCUT2D eigenvalue weighted by molar-refractivity contribution is 5.80. The summed E-state index contributed by atoms with van der Waals surface area (Å²) in [5.41, 5.74) is 7.25. The first-order chi connectivity index (χ1) is 9.81. The molecule has 2 heterocycles. The Morgan fingerprint density at radius 1 is 1.20 bits per heavy atom. The molecule has 5 heteroatoms. The van der Waals surface area contributed by atoms with Gasteiger partial charge in [-0.05, 0) is 36.5 Å². The number of aliphatic imine (C=N–C) groups is 1. The molecule has 0 aromatic heterocycles. The van der Waals surface area contributed by atoms with Crippen LogP contribution in [0.5, 0.6) is 11.5 Å². The van der Waals surface area contributed by atoms with Crippen LogP contribution in [0.25, 0.3) is 0 Å². The summed E-state index contributed by atoms with van der Waals surface area (Å²) in [5, 5.41) is 0. The highest BCUT2D eigenvalue weighted by atomic mass is 16.6. The second-order valence-corrected chi connectivity index (χ2v) is 5.71. The van der Waals surface area contributed by atoms with Gasteiger partial charge in [0, 0.05) is 6.54 Å². The van der Waals surface area contributed by atoms with Gasteiger partial charge in [-0.2, -0.15) is 0 Å². The summed E-state index contributed by atoms with van der Waals surface area (Å²) in [4.78, 5) is 6.66. The molecule has 1 saturated carbocycles. The standard InChI is InChI=1S/C15H19N3O2/c16-15-17-8-12(18(15)9-10-1-2-10)11-3-4-13-14(7-11)20-6-5-19-13/h3-4,7,10,12H,1-2,5-6,8-9H2,(H2,16,17). The molecule has 0 spiro atoms. The third kappa shape index (κ3) is 2.07. The van der Waals surface area contributed by atoms with Crippen molar-refractivity contribution in [2.45, 2.75) is 18.9 Å². The van der Waals surface area contributed by atoms with Crippen LogP contribution in [-0.2, 0) is 0 Å². The maximum atomic E-state index is 6.04. The van der Waals surface area contributed by atoms with E-state index >= 15 is 0 Å². The molecule has 1 aromatic rings. The highest BCUT2D eigenvalue weighted by Gasteiger charge is 2.33. The Labute approximate surface area is 118 Å². The molecular weight excluding hydrogens is 254 g/mol. The van der Waals surface area contributed by atoms with E-state index in [1.807, 2.05) is 6.07 Å². The minimum atomic E-state index is 0.242. The molecule has 106 valence electrons. The van der Waals surface area contributed by atoms with Gasteiger partial charge in [0.1, 0.15) is 13.2 Å². The number of benzene rings is 1. The van der Waals surface area contributed by atoms with Crippen LogP contribution in [0, 0.1) is 5.92 Å². The van der Waals surface area contributed by atoms with Crippen molar-refractivity contribution < 1.29 is 9.47 Å². The first-order valence-electron chi connectivity index (χ1n) is 7.27. The number of nitrogens with zero attached hydrogens (tertiary/aromatic N) is 2. The van der Waals surface area contributed by atoms with Crippen molar-refractivity contribution in [3.63, 3.8) is 0 Å². The van der Waals surface area contributed by atoms with Crippen LogP contribution in [0.4, 0.5) is 0 Å². The molecule has 1 aromatic carbocycles. The number of ether oxygens (including phenoxy) is 2. The maximum Gasteiger partial charge on any atom is 0.191 e. The predicted molar refractivity (Wildman–Crippen MR) is 76.1 cm³/mol. The molecule has 0 radical (unpaired) electrons. The van der Waals surface area contributed by atoms with Crippen molar-refractivity contribution >= 4 is 5.96 Å². The number of hydrogen-bond acceptors (Lipinski definition) is 5. The summed E-state index contributed by atoms with van der Waals surface area (Å²) in [6.07, 6.45) is 2.63. The van der Waals surface area contributed by atoms with E-state index in [2.05, 4.69) is 22.0 Å². The quantitative estimate of drug-likeness (QED) is 0.907. The molecule has 0 bridgehead atoms. The van der Waals surface area contributed by atoms with E-state index in [0.717, 1.165) is 30.5 Å². The van der Waals surface area contributed by atoms with Gasteiger partial charge >= 0.3 is 0 Å². The molecule has 2 N–H and O–H groups in total. The Bertz CT molecular complexity index is 554. The second kappa shape index (κ2) is 4.58. The SMILES string of the molecule is NC1=NCC(c2ccc3c(c2)OCCO3)N1CC1CC1. The lowest BCUT2D eigenvalue weighted by atomic mass is 10.0. The van der Waals surface area contributed by atoms with Crippen LogP contribution in [0.1, 0.15) is 24.4 Å². The van der Waals surface area contributed by atoms with Crippen LogP contribution < -0.4 is 15.2 Å². The summed E-state index contributed by atoms with van der Waals surface area (Å²) < 4.78 is 11.2. The van der Waals surface area contributed by atoms with Crippen LogP contribution in [0.15, 0.2) is 23.2 Å². The van der Waals surface area contributed by atoms with Gasteiger partial charge in [-0.3, -0.25) is 4.99 Å². The molecular formula is C15H19N3O2. The van der Waals surface area contributed by atoms with E-state index < -0.39 is 0 Å². The van der Waals surface area contributed by atoms with Gasteiger partial charge in [0.05, 0.1) is 12.6 Å². The number of guanidine groups is 1. The summed E-state index contributed by atoms with van der Waals surface area (Å²) in [6, 6.07) is 6.42. The zero-order valence-electron chi connectivity index (χ0n) is 11.4. The van der Waals surface area contributed by atoms with Crippen molar-refractivity contribution in [3.8, 4) is 11.5 Å². The van der Waals surface area contributed by atoms with E-state index in [4.69, 9.17) is 15.2 Å². The lowest BCUT2D eigenvalue weighted by molar-refractivity contribution is 0.171. The van der Waals surface area contributed by atoms with Gasteiger partial charge in [0.2, 0.25) is 0 Å². The smallest absolute Gasteiger partial charge is 0.191 e. The van der Waals surface area contributed by atoms with Crippen molar-refractivity contribution in [2.24, 2.45) is 16.6 Å². The van der Waals surface area contributed by atoms with E-state index in [1.54, 1.807) is 0 Å². The molecule has 5 nitrogen and oxygen atoms in total. The fraction of sp³-hybridized carbons (Fsp3) is 0.533. The monoisotopic (exact) mass is 273 g/mol. The zero-order chi connectivity index (χ0) is 13.5. The third-order valence-electron chi connectivity index (χ3n) is 4.20. The van der Waals surface area contributed by atoms with Gasteiger partial charge in [0.25, 0.3) is 0 Å². The van der Waals surface area contributed by atoms with Crippen molar-refractivity contribution in [1.29, 1.82) is 0 Å². The fourth-order valence-electron chi connectivity index (χ4n) is 2.88. The average Bonchev–Trinajstić information content (AvgIpc) is 3.23. The molecule has 4 rings (SSSR count). The highest BCUT2D eigenvalue weighted by Crippen LogP contribution is 2.38. The Morgan fingerprint density at radius 3 is 2.80 bits per heavy atom. The number of nitrogens with two attached hydrogens (primary N) is 1. The molecule has 0 amide bonds. The average molecular weight is 273 g/mol. The van der Waals surface area contributed by atoms with Crippen LogP contribution in [0.2, 0.25) is 0 Å². The van der Waals surface area contributed by atoms with Gasteiger partial charge in [0.15, 0.2) is 17.5 Å². The normalized spacial score (nSPS) is 24.7. The topological polar surface area (TPSA) is 60.1 Å². The first kappa shape index (κ1) is 11.9. The van der Waals surface area contributed by atoms with E-state index in [9.17, 15) is 0 Å². The summed E-state index contributed by atoms with van der Waals surface area (Å²) in [6.45, 7) is 3.00. The van der Waals surface area contributed by atoms with Gasteiger partial charge in [-0.15, -0.1) is 0 Å². The lowest BCUT2D eigenvalue weighted by Gasteiger charge is -2.27. The molecule has 1 atom stereocenters. The van der Waals surface area contributed by atoms with Crippen molar-refractivity contribution in [2.75, 3.05) is 26.3 Å². The Balaban J connectivity index is 1.59. The van der Waals surface area contributed by atoms with Crippen LogP contribution >= 0.6 is 0 Å². The van der Waals surface area contributed by atoms with E-state index in [-0.39, 0.29) is 6.04 Å². The fourth-order valence-corrected chi connectivity index (χ4v) is 2.88. The molecule has 0 saturated heterocycles. The Hall–Kier alpha value is -1.91. The number of fused-ring (bicyclic) bond motifs is 1. The largest absolute Gasteiger partial charge is 0.486 e. The van der Waals surface area contributed by atoms with Gasteiger partial charge in [-0.25, -0.2) is 0 Å². The molecule has 3 aliphatic rings. The predicted octanol–water partition coefficient (Wildman–Crippen LogP) is 1.54. The summed E-state index contributed by atoms with van der Waals surface area (Å²) >= 11 is 0. The van der Waals surface area contributed by atoms with Gasteiger partial charge < -0.3 is 20.1 Å². The van der Waals surface area contributed by atoms with E-state index in [0.29, 0.717) is 19.2 Å². The summed E-state index contributed by atoms with van der Waals surface area (Å²) in [5.74, 6) is 3.14. The van der Waals surface area contributed by atoms with Crippen molar-refractivity contribution in [1.82, 2.24) is 4.90 Å². The second-order valence-electron chi connectivity index (χ2n) is 5.71. The third-order valence-corrected chi connectivity index (χ3v) is 4.20. The van der Waals surface area contributed by atoms with E-state index in [1.165, 1.54) is 18.4 Å². The molecule has 1 unspecified atom stereocenters.